The molecule has 1 saturated heterocycles. The van der Waals surface area contributed by atoms with E-state index in [0.29, 0.717) is 11.6 Å². The Bertz CT molecular complexity index is 655. The average molecular weight is 337 g/mol. The number of benzene rings is 2. The van der Waals surface area contributed by atoms with Crippen LogP contribution < -0.4 is 4.74 Å². The summed E-state index contributed by atoms with van der Waals surface area (Å²) < 4.78 is 23.8. The summed E-state index contributed by atoms with van der Waals surface area (Å²) in [6.07, 6.45) is 0.633. The molecule has 5 heteroatoms. The van der Waals surface area contributed by atoms with Crippen molar-refractivity contribution in [1.82, 2.24) is 0 Å². The normalized spacial score (nSPS) is 22.5. The third-order valence-corrected chi connectivity index (χ3v) is 5.82. The van der Waals surface area contributed by atoms with Gasteiger partial charge in [-0.3, -0.25) is 4.21 Å². The Balaban J connectivity index is 1.82. The molecule has 22 heavy (non-hydrogen) atoms. The second kappa shape index (κ2) is 6.82. The first-order valence-corrected chi connectivity index (χ1v) is 8.70. The number of rotatable bonds is 4. The Hall–Kier alpha value is -1.36. The number of halogens is 1. The van der Waals surface area contributed by atoms with E-state index in [1.165, 1.54) is 0 Å². The smallest absolute Gasteiger partial charge is 0.118 e. The molecule has 0 spiro atoms. The van der Waals surface area contributed by atoms with E-state index in [1.54, 1.807) is 19.2 Å². The molecular formula is C17H17ClO3S. The lowest BCUT2D eigenvalue weighted by Gasteiger charge is -2.19. The lowest BCUT2D eigenvalue weighted by atomic mass is 10.1. The van der Waals surface area contributed by atoms with E-state index >= 15 is 0 Å². The van der Waals surface area contributed by atoms with Crippen molar-refractivity contribution >= 4 is 22.4 Å². The topological polar surface area (TPSA) is 35.5 Å². The third kappa shape index (κ3) is 3.19. The van der Waals surface area contributed by atoms with Crippen LogP contribution in [0.2, 0.25) is 5.02 Å². The van der Waals surface area contributed by atoms with Gasteiger partial charge in [0.05, 0.1) is 29.3 Å². The molecule has 2 aromatic carbocycles. The van der Waals surface area contributed by atoms with Gasteiger partial charge >= 0.3 is 0 Å². The van der Waals surface area contributed by atoms with E-state index in [-0.39, 0.29) is 11.4 Å². The molecule has 1 aliphatic rings. The van der Waals surface area contributed by atoms with Crippen LogP contribution in [0.15, 0.2) is 53.4 Å². The largest absolute Gasteiger partial charge is 0.497 e. The SMILES string of the molecule is COc1ccc([C@@H]2OCC[C@H]2S(=O)c2ccc(Cl)cc2)cc1. The maximum atomic E-state index is 12.8. The lowest BCUT2D eigenvalue weighted by molar-refractivity contribution is 0.113. The summed E-state index contributed by atoms with van der Waals surface area (Å²) in [5.41, 5.74) is 1.03. The predicted octanol–water partition coefficient (Wildman–Crippen LogP) is 3.99. The third-order valence-electron chi connectivity index (χ3n) is 3.80. The van der Waals surface area contributed by atoms with Gasteiger partial charge in [-0.15, -0.1) is 0 Å². The van der Waals surface area contributed by atoms with Crippen LogP contribution in [0, 0.1) is 0 Å². The monoisotopic (exact) mass is 336 g/mol. The molecule has 0 aromatic heterocycles. The van der Waals surface area contributed by atoms with Crippen LogP contribution in [0.3, 0.4) is 0 Å². The molecule has 1 fully saturated rings. The fourth-order valence-electron chi connectivity index (χ4n) is 2.64. The molecule has 1 unspecified atom stereocenters. The fourth-order valence-corrected chi connectivity index (χ4v) is 4.29. The van der Waals surface area contributed by atoms with E-state index in [9.17, 15) is 4.21 Å². The van der Waals surface area contributed by atoms with Crippen LogP contribution in [0.4, 0.5) is 0 Å². The molecule has 0 N–H and O–H groups in total. The van der Waals surface area contributed by atoms with Gasteiger partial charge in [0.2, 0.25) is 0 Å². The van der Waals surface area contributed by atoms with Crippen LogP contribution in [0.1, 0.15) is 18.1 Å². The van der Waals surface area contributed by atoms with Gasteiger partial charge in [-0.05, 0) is 48.4 Å². The van der Waals surface area contributed by atoms with E-state index in [0.717, 1.165) is 22.6 Å². The zero-order valence-electron chi connectivity index (χ0n) is 12.2. The highest BCUT2D eigenvalue weighted by Crippen LogP contribution is 2.35. The van der Waals surface area contributed by atoms with E-state index < -0.39 is 10.8 Å². The molecular weight excluding hydrogens is 320 g/mol. The lowest BCUT2D eigenvalue weighted by Crippen LogP contribution is -2.19. The summed E-state index contributed by atoms with van der Waals surface area (Å²) in [6, 6.07) is 14.9. The van der Waals surface area contributed by atoms with Crippen LogP contribution >= 0.6 is 11.6 Å². The average Bonchev–Trinajstić information content (AvgIpc) is 3.04. The maximum absolute atomic E-state index is 12.8. The van der Waals surface area contributed by atoms with Crippen LogP contribution in [0.5, 0.6) is 5.75 Å². The molecule has 1 aliphatic heterocycles. The van der Waals surface area contributed by atoms with Crippen molar-refractivity contribution in [3.63, 3.8) is 0 Å². The second-order valence-electron chi connectivity index (χ2n) is 5.14. The Labute approximate surface area is 137 Å². The first kappa shape index (κ1) is 15.5. The van der Waals surface area contributed by atoms with Gasteiger partial charge in [0.15, 0.2) is 0 Å². The molecule has 0 aliphatic carbocycles. The molecule has 116 valence electrons. The van der Waals surface area contributed by atoms with Gasteiger partial charge in [-0.2, -0.15) is 0 Å². The van der Waals surface area contributed by atoms with E-state index in [2.05, 4.69) is 0 Å². The molecule has 3 atom stereocenters. The highest BCUT2D eigenvalue weighted by molar-refractivity contribution is 7.85. The van der Waals surface area contributed by atoms with Crippen molar-refractivity contribution in [3.8, 4) is 5.75 Å². The number of hydrogen-bond acceptors (Lipinski definition) is 3. The highest BCUT2D eigenvalue weighted by atomic mass is 35.5. The van der Waals surface area contributed by atoms with Gasteiger partial charge in [0.25, 0.3) is 0 Å². The molecule has 3 rings (SSSR count). The van der Waals surface area contributed by atoms with Gasteiger partial charge in [0, 0.05) is 16.5 Å². The van der Waals surface area contributed by atoms with E-state index in [4.69, 9.17) is 21.1 Å². The van der Waals surface area contributed by atoms with Gasteiger partial charge in [0.1, 0.15) is 5.75 Å². The first-order valence-electron chi connectivity index (χ1n) is 7.11. The Morgan fingerprint density at radius 1 is 1.14 bits per heavy atom. The quantitative estimate of drug-likeness (QED) is 0.847. The van der Waals surface area contributed by atoms with Gasteiger partial charge in [-0.25, -0.2) is 0 Å². The summed E-state index contributed by atoms with van der Waals surface area (Å²) in [6.45, 7) is 0.626. The van der Waals surface area contributed by atoms with Crippen LogP contribution in [-0.2, 0) is 15.5 Å². The Kier molecular flexibility index (Phi) is 4.81. The Morgan fingerprint density at radius 2 is 1.82 bits per heavy atom. The predicted molar refractivity (Wildman–Crippen MR) is 88.0 cm³/mol. The van der Waals surface area contributed by atoms with Crippen LogP contribution in [0.25, 0.3) is 0 Å². The Morgan fingerprint density at radius 3 is 2.45 bits per heavy atom. The summed E-state index contributed by atoms with van der Waals surface area (Å²) in [5.74, 6) is 0.803. The minimum atomic E-state index is -1.12. The number of ether oxygens (including phenoxy) is 2. The van der Waals surface area contributed by atoms with Crippen molar-refractivity contribution in [2.45, 2.75) is 22.7 Å². The molecule has 0 radical (unpaired) electrons. The minimum absolute atomic E-state index is 0.0467. The summed E-state index contributed by atoms with van der Waals surface area (Å²) in [4.78, 5) is 0.790. The van der Waals surface area contributed by atoms with Gasteiger partial charge < -0.3 is 9.47 Å². The fraction of sp³-hybridized carbons (Fsp3) is 0.294. The molecule has 3 nitrogen and oxygen atoms in total. The number of hydrogen-bond donors (Lipinski definition) is 0. The maximum Gasteiger partial charge on any atom is 0.118 e. The molecule has 0 bridgehead atoms. The summed E-state index contributed by atoms with van der Waals surface area (Å²) >= 11 is 5.89. The van der Waals surface area contributed by atoms with Crippen molar-refractivity contribution in [1.29, 1.82) is 0 Å². The van der Waals surface area contributed by atoms with E-state index in [1.807, 2.05) is 36.4 Å². The highest BCUT2D eigenvalue weighted by Gasteiger charge is 2.34. The van der Waals surface area contributed by atoms with Gasteiger partial charge in [-0.1, -0.05) is 23.7 Å². The zero-order valence-corrected chi connectivity index (χ0v) is 13.8. The zero-order chi connectivity index (χ0) is 15.5. The standard InChI is InChI=1S/C17H17ClO3S/c1-20-14-6-2-12(3-7-14)17-16(10-11-21-17)22(19)15-8-4-13(18)5-9-15/h2-9,16-17H,10-11H2,1H3/t16-,17+,22?/m1/s1. The molecule has 0 amide bonds. The van der Waals surface area contributed by atoms with Crippen molar-refractivity contribution in [2.75, 3.05) is 13.7 Å². The molecule has 0 saturated carbocycles. The van der Waals surface area contributed by atoms with Crippen molar-refractivity contribution < 1.29 is 13.7 Å². The minimum Gasteiger partial charge on any atom is -0.497 e. The summed E-state index contributed by atoms with van der Waals surface area (Å²) in [7, 11) is 0.519. The van der Waals surface area contributed by atoms with Crippen molar-refractivity contribution in [3.05, 3.63) is 59.1 Å². The van der Waals surface area contributed by atoms with Crippen LogP contribution in [-0.4, -0.2) is 23.2 Å². The number of methoxy groups -OCH3 is 1. The first-order chi connectivity index (χ1) is 10.7. The second-order valence-corrected chi connectivity index (χ2v) is 7.25. The van der Waals surface area contributed by atoms with Crippen molar-refractivity contribution in [2.24, 2.45) is 0 Å². The molecule has 2 aromatic rings. The molecule has 1 heterocycles. The summed E-state index contributed by atoms with van der Waals surface area (Å²) in [5, 5.41) is 0.602.